The number of sulfone groups is 1. The molecule has 0 saturated carbocycles. The number of hydrogen-bond acceptors (Lipinski definition) is 7. The van der Waals surface area contributed by atoms with E-state index in [1.807, 2.05) is 36.4 Å². The Bertz CT molecular complexity index is 1310. The number of allylic oxidation sites excluding steroid dienone is 4. The molecule has 1 aliphatic carbocycles. The molecule has 0 bridgehead atoms. The zero-order valence-corrected chi connectivity index (χ0v) is 20.6. The number of amides is 1. The highest BCUT2D eigenvalue weighted by Gasteiger charge is 2.50. The molecule has 0 atom stereocenters. The van der Waals surface area contributed by atoms with E-state index in [4.69, 9.17) is 0 Å². The zero-order chi connectivity index (χ0) is 24.6. The molecule has 0 aromatic heterocycles. The number of nitrogens with one attached hydrogen (secondary N) is 1. The van der Waals surface area contributed by atoms with Crippen LogP contribution in [0.15, 0.2) is 69.9 Å². The lowest BCUT2D eigenvalue weighted by molar-refractivity contribution is -0.125. The van der Waals surface area contributed by atoms with Crippen molar-refractivity contribution in [1.82, 2.24) is 10.2 Å². The highest BCUT2D eigenvalue weighted by atomic mass is 32.2. The molecule has 0 radical (unpaired) electrons. The molecular weight excluding hydrogens is 462 g/mol. The number of hydrogen-bond donors (Lipinski definition) is 1. The van der Waals surface area contributed by atoms with E-state index in [1.165, 1.54) is 5.57 Å². The summed E-state index contributed by atoms with van der Waals surface area (Å²) in [5.74, 6) is 0.129. The minimum absolute atomic E-state index is 0.112. The second-order valence-electron chi connectivity index (χ2n) is 9.61. The first-order chi connectivity index (χ1) is 16.8. The Hall–Kier alpha value is -3.22. The molecule has 1 N–H and O–H groups in total. The first-order valence-corrected chi connectivity index (χ1v) is 13.9. The number of fused-ring (bicyclic) bond motifs is 1. The van der Waals surface area contributed by atoms with Gasteiger partial charge in [-0.15, -0.1) is 0 Å². The number of carbonyl (C=O) groups excluding carboxylic acids is 1. The van der Waals surface area contributed by atoms with Gasteiger partial charge in [-0.1, -0.05) is 29.8 Å². The third-order valence-corrected chi connectivity index (χ3v) is 8.45. The van der Waals surface area contributed by atoms with Crippen LogP contribution >= 0.6 is 0 Å². The van der Waals surface area contributed by atoms with Crippen LogP contribution in [0.3, 0.4) is 0 Å². The van der Waals surface area contributed by atoms with Gasteiger partial charge in [-0.2, -0.15) is 5.26 Å². The molecule has 3 heterocycles. The molecule has 2 fully saturated rings. The fraction of sp³-hybridized carbons (Fsp3) is 0.423. The van der Waals surface area contributed by atoms with Crippen molar-refractivity contribution in [2.45, 2.75) is 37.6 Å². The molecule has 4 aliphatic rings. The lowest BCUT2D eigenvalue weighted by Gasteiger charge is -2.43. The minimum Gasteiger partial charge on any atom is -0.339 e. The summed E-state index contributed by atoms with van der Waals surface area (Å²) in [6.07, 6.45) is 8.92. The Morgan fingerprint density at radius 2 is 1.91 bits per heavy atom. The molecule has 3 aliphatic heterocycles. The van der Waals surface area contributed by atoms with Gasteiger partial charge in [0.1, 0.15) is 11.6 Å². The summed E-state index contributed by atoms with van der Waals surface area (Å²) in [5.41, 5.74) is 3.29. The van der Waals surface area contributed by atoms with Gasteiger partial charge < -0.3 is 15.1 Å². The summed E-state index contributed by atoms with van der Waals surface area (Å²) in [7, 11) is -3.54. The Labute approximate surface area is 206 Å². The Balaban J connectivity index is 1.16. The number of rotatable bonds is 5. The quantitative estimate of drug-likeness (QED) is 0.679. The van der Waals surface area contributed by atoms with Crippen LogP contribution in [0, 0.1) is 11.3 Å². The van der Waals surface area contributed by atoms with E-state index in [1.54, 1.807) is 0 Å². The summed E-state index contributed by atoms with van der Waals surface area (Å²) >= 11 is 0. The van der Waals surface area contributed by atoms with Crippen molar-refractivity contribution >= 4 is 26.5 Å². The number of carbonyl (C=O) groups is 1. The molecule has 1 aromatic rings. The lowest BCUT2D eigenvalue weighted by atomic mass is 9.85. The summed E-state index contributed by atoms with van der Waals surface area (Å²) in [4.78, 5) is 21.7. The minimum atomic E-state index is -3.54. The van der Waals surface area contributed by atoms with Gasteiger partial charge in [0, 0.05) is 30.6 Å². The van der Waals surface area contributed by atoms with Gasteiger partial charge in [0.25, 0.3) is 0 Å². The van der Waals surface area contributed by atoms with E-state index in [2.05, 4.69) is 32.2 Å². The number of likely N-dealkylation sites (tertiary alicyclic amines) is 1. The molecule has 2 saturated heterocycles. The highest BCUT2D eigenvalue weighted by molar-refractivity contribution is 8.06. The Morgan fingerprint density at radius 1 is 1.17 bits per heavy atom. The average Bonchev–Trinajstić information content (AvgIpc) is 3.38. The van der Waals surface area contributed by atoms with E-state index in [0.717, 1.165) is 62.8 Å². The normalized spacial score (nSPS) is 21.9. The molecule has 9 heteroatoms. The molecule has 182 valence electrons. The number of nitriles is 1. The molecule has 8 nitrogen and oxygen atoms in total. The third-order valence-electron chi connectivity index (χ3n) is 7.45. The van der Waals surface area contributed by atoms with Crippen molar-refractivity contribution in [3.63, 3.8) is 0 Å². The van der Waals surface area contributed by atoms with Crippen molar-refractivity contribution in [3.05, 3.63) is 64.9 Å². The van der Waals surface area contributed by atoms with Gasteiger partial charge in [-0.25, -0.2) is 13.4 Å². The molecule has 5 rings (SSSR count). The highest BCUT2D eigenvalue weighted by Crippen LogP contribution is 2.38. The molecule has 35 heavy (non-hydrogen) atoms. The largest absolute Gasteiger partial charge is 0.339 e. The summed E-state index contributed by atoms with van der Waals surface area (Å²) < 4.78 is 24.0. The van der Waals surface area contributed by atoms with E-state index in [9.17, 15) is 18.5 Å². The second-order valence-corrected chi connectivity index (χ2v) is 11.5. The van der Waals surface area contributed by atoms with Crippen LogP contribution in [0.5, 0.6) is 0 Å². The number of piperidine rings is 1. The van der Waals surface area contributed by atoms with Gasteiger partial charge in [0.2, 0.25) is 5.91 Å². The van der Waals surface area contributed by atoms with Crippen LogP contribution < -0.4 is 10.2 Å². The SMILES string of the molecule is CS(=O)(=O)C1=NC2=CC=C(CCCN3CCC4(CC3)C(=O)NCN4c3ccccc3)CC2=C1C#N. The predicted molar refractivity (Wildman–Crippen MR) is 135 cm³/mol. The maximum atomic E-state index is 12.8. The van der Waals surface area contributed by atoms with E-state index in [-0.39, 0.29) is 16.5 Å². The fourth-order valence-corrected chi connectivity index (χ4v) is 6.36. The third kappa shape index (κ3) is 4.32. The first-order valence-electron chi connectivity index (χ1n) is 12.0. The van der Waals surface area contributed by atoms with Gasteiger partial charge in [0.05, 0.1) is 17.9 Å². The maximum absolute atomic E-state index is 12.8. The summed E-state index contributed by atoms with van der Waals surface area (Å²) in [5, 5.41) is 12.5. The molecule has 1 aromatic carbocycles. The zero-order valence-electron chi connectivity index (χ0n) is 19.8. The van der Waals surface area contributed by atoms with Crippen LogP contribution in [0.25, 0.3) is 0 Å². The molecule has 1 amide bonds. The first kappa shape index (κ1) is 23.5. The smallest absolute Gasteiger partial charge is 0.247 e. The Kier molecular flexibility index (Phi) is 6.11. The number of para-hydroxylation sites is 1. The Morgan fingerprint density at radius 3 is 2.60 bits per heavy atom. The predicted octanol–water partition coefficient (Wildman–Crippen LogP) is 2.69. The standard InChI is InChI=1S/C26H29N5O3S/c1-35(33,34)24-22(17-27)21-16-19(9-10-23(21)29-24)6-5-13-30-14-11-26(12-15-30)25(32)28-18-31(26)20-7-3-2-4-8-20/h2-4,7-10H,5-6,11-16,18H2,1H3,(H,28,32). The van der Waals surface area contributed by atoms with Crippen LogP contribution in [-0.2, 0) is 14.6 Å². The number of benzene rings is 1. The fourth-order valence-electron chi connectivity index (χ4n) is 5.55. The van der Waals surface area contributed by atoms with Crippen molar-refractivity contribution in [2.24, 2.45) is 4.99 Å². The van der Waals surface area contributed by atoms with Crippen LogP contribution in [0.2, 0.25) is 0 Å². The van der Waals surface area contributed by atoms with Gasteiger partial charge in [-0.05, 0) is 56.9 Å². The van der Waals surface area contributed by atoms with Crippen LogP contribution in [0.1, 0.15) is 32.1 Å². The number of nitrogens with zero attached hydrogens (tertiary/aromatic N) is 4. The second kappa shape index (κ2) is 9.10. The van der Waals surface area contributed by atoms with Crippen LogP contribution in [-0.4, -0.2) is 62.4 Å². The lowest BCUT2D eigenvalue weighted by Crippen LogP contribution is -2.56. The van der Waals surface area contributed by atoms with Gasteiger partial charge in [0.15, 0.2) is 14.9 Å². The number of anilines is 1. The van der Waals surface area contributed by atoms with E-state index < -0.39 is 15.4 Å². The monoisotopic (exact) mass is 491 g/mol. The van der Waals surface area contributed by atoms with E-state index >= 15 is 0 Å². The van der Waals surface area contributed by atoms with Crippen molar-refractivity contribution in [3.8, 4) is 6.07 Å². The van der Waals surface area contributed by atoms with Gasteiger partial charge >= 0.3 is 0 Å². The van der Waals surface area contributed by atoms with Crippen molar-refractivity contribution in [1.29, 1.82) is 5.26 Å². The molecule has 0 unspecified atom stereocenters. The maximum Gasteiger partial charge on any atom is 0.247 e. The van der Waals surface area contributed by atoms with Gasteiger partial charge in [-0.3, -0.25) is 4.79 Å². The average molecular weight is 492 g/mol. The molecule has 1 spiro atoms. The summed E-state index contributed by atoms with van der Waals surface area (Å²) in [6.45, 7) is 3.23. The summed E-state index contributed by atoms with van der Waals surface area (Å²) in [6, 6.07) is 12.2. The van der Waals surface area contributed by atoms with Crippen molar-refractivity contribution in [2.75, 3.05) is 37.5 Å². The molecular formula is C26H29N5O3S. The van der Waals surface area contributed by atoms with E-state index in [0.29, 0.717) is 18.8 Å². The number of aliphatic imine (C=N–C) groups is 1. The van der Waals surface area contributed by atoms with Crippen LogP contribution in [0.4, 0.5) is 5.69 Å². The topological polar surface area (TPSA) is 106 Å². The van der Waals surface area contributed by atoms with Crippen molar-refractivity contribution < 1.29 is 13.2 Å².